The van der Waals surface area contributed by atoms with Gasteiger partial charge in [0.05, 0.1) is 16.4 Å². The number of nitrogens with zero attached hydrogens (tertiary/aromatic N) is 1. The fourth-order valence-corrected chi connectivity index (χ4v) is 3.44. The second kappa shape index (κ2) is 9.68. The molecule has 3 nitrogen and oxygen atoms in total. The molecule has 0 saturated carbocycles. The lowest BCUT2D eigenvalue weighted by atomic mass is 10.1. The number of ether oxygens (including phenoxy) is 2. The minimum Gasteiger partial charge on any atom is -0.493 e. The van der Waals surface area contributed by atoms with E-state index in [0.29, 0.717) is 18.1 Å². The molecule has 0 heterocycles. The molecule has 0 saturated heterocycles. The third-order valence-corrected chi connectivity index (χ3v) is 5.06. The molecule has 3 aromatic carbocycles. The molecule has 0 aliphatic carbocycles. The number of rotatable bonds is 7. The van der Waals surface area contributed by atoms with E-state index >= 15 is 0 Å². The van der Waals surface area contributed by atoms with Crippen LogP contribution in [0.1, 0.15) is 23.6 Å². The Balaban J connectivity index is 1.76. The Morgan fingerprint density at radius 1 is 1.00 bits per heavy atom. The molecular formula is C23H21FINO2. The number of hydrogen-bond acceptors (Lipinski definition) is 3. The van der Waals surface area contributed by atoms with Crippen LogP contribution < -0.4 is 9.47 Å². The monoisotopic (exact) mass is 489 g/mol. The summed E-state index contributed by atoms with van der Waals surface area (Å²) in [6, 6.07) is 18.3. The molecule has 144 valence electrons. The van der Waals surface area contributed by atoms with Crippen molar-refractivity contribution in [3.63, 3.8) is 0 Å². The van der Waals surface area contributed by atoms with Crippen molar-refractivity contribution in [3.05, 3.63) is 86.7 Å². The number of benzene rings is 3. The van der Waals surface area contributed by atoms with Crippen molar-refractivity contribution in [3.8, 4) is 11.5 Å². The Labute approximate surface area is 178 Å². The number of aryl methyl sites for hydroxylation is 1. The smallest absolute Gasteiger partial charge is 0.174 e. The van der Waals surface area contributed by atoms with E-state index in [-0.39, 0.29) is 5.82 Å². The molecule has 0 aliphatic rings. The first-order valence-electron chi connectivity index (χ1n) is 8.97. The van der Waals surface area contributed by atoms with Crippen LogP contribution in [0.25, 0.3) is 0 Å². The van der Waals surface area contributed by atoms with E-state index in [1.165, 1.54) is 17.7 Å². The molecule has 3 rings (SSSR count). The summed E-state index contributed by atoms with van der Waals surface area (Å²) in [6.45, 7) is 2.47. The summed E-state index contributed by atoms with van der Waals surface area (Å²) in [5, 5.41) is 0. The summed E-state index contributed by atoms with van der Waals surface area (Å²) in [5.41, 5.74) is 4.01. The van der Waals surface area contributed by atoms with Gasteiger partial charge in [-0.3, -0.25) is 4.99 Å². The molecular weight excluding hydrogens is 468 g/mol. The van der Waals surface area contributed by atoms with Gasteiger partial charge in [0.2, 0.25) is 0 Å². The normalized spacial score (nSPS) is 11.0. The minimum atomic E-state index is -0.260. The van der Waals surface area contributed by atoms with Crippen molar-refractivity contribution < 1.29 is 13.9 Å². The van der Waals surface area contributed by atoms with Gasteiger partial charge in [-0.05, 0) is 82.1 Å². The minimum absolute atomic E-state index is 0.260. The molecule has 5 heteroatoms. The van der Waals surface area contributed by atoms with Gasteiger partial charge in [-0.15, -0.1) is 0 Å². The van der Waals surface area contributed by atoms with E-state index in [2.05, 4.69) is 46.6 Å². The topological polar surface area (TPSA) is 30.8 Å². The lowest BCUT2D eigenvalue weighted by Crippen LogP contribution is -2.01. The van der Waals surface area contributed by atoms with Gasteiger partial charge < -0.3 is 9.47 Å². The zero-order chi connectivity index (χ0) is 19.9. The van der Waals surface area contributed by atoms with Gasteiger partial charge in [0.25, 0.3) is 0 Å². The van der Waals surface area contributed by atoms with E-state index in [0.717, 1.165) is 26.8 Å². The lowest BCUT2D eigenvalue weighted by molar-refractivity contribution is 0.282. The first-order chi connectivity index (χ1) is 13.6. The summed E-state index contributed by atoms with van der Waals surface area (Å²) < 4.78 is 25.4. The van der Waals surface area contributed by atoms with Crippen molar-refractivity contribution >= 4 is 34.5 Å². The zero-order valence-corrected chi connectivity index (χ0v) is 17.9. The quantitative estimate of drug-likeness (QED) is 0.287. The Hall–Kier alpha value is -2.41. The summed E-state index contributed by atoms with van der Waals surface area (Å²) in [7, 11) is 1.61. The van der Waals surface area contributed by atoms with Gasteiger partial charge in [0.1, 0.15) is 12.4 Å². The van der Waals surface area contributed by atoms with E-state index in [1.54, 1.807) is 19.2 Å². The van der Waals surface area contributed by atoms with Gasteiger partial charge in [0.15, 0.2) is 11.5 Å². The molecule has 28 heavy (non-hydrogen) atoms. The maximum Gasteiger partial charge on any atom is 0.174 e. The SMILES string of the molecule is CCc1ccc(N=Cc2cc(I)c(OCc3ccc(F)cc3)c(OC)c2)cc1. The summed E-state index contributed by atoms with van der Waals surface area (Å²) in [4.78, 5) is 4.54. The molecule has 3 aromatic rings. The second-order valence-corrected chi connectivity index (χ2v) is 7.39. The number of methoxy groups -OCH3 is 1. The van der Waals surface area contributed by atoms with Gasteiger partial charge in [-0.25, -0.2) is 4.39 Å². The molecule has 0 unspecified atom stereocenters. The zero-order valence-electron chi connectivity index (χ0n) is 15.8. The third-order valence-electron chi connectivity index (χ3n) is 4.26. The van der Waals surface area contributed by atoms with E-state index in [4.69, 9.17) is 9.47 Å². The highest BCUT2D eigenvalue weighted by molar-refractivity contribution is 14.1. The summed E-state index contributed by atoms with van der Waals surface area (Å²) >= 11 is 2.22. The van der Waals surface area contributed by atoms with Crippen molar-refractivity contribution in [1.82, 2.24) is 0 Å². The second-order valence-electron chi connectivity index (χ2n) is 6.23. The number of aliphatic imine (C=N–C) groups is 1. The average Bonchev–Trinajstić information content (AvgIpc) is 2.72. The highest BCUT2D eigenvalue weighted by Crippen LogP contribution is 2.34. The molecule has 0 spiro atoms. The number of halogens is 2. The van der Waals surface area contributed by atoms with Crippen LogP contribution in [0, 0.1) is 9.39 Å². The fraction of sp³-hybridized carbons (Fsp3) is 0.174. The Morgan fingerprint density at radius 2 is 1.68 bits per heavy atom. The van der Waals surface area contributed by atoms with Crippen LogP contribution in [0.4, 0.5) is 10.1 Å². The molecule has 0 aliphatic heterocycles. The largest absolute Gasteiger partial charge is 0.493 e. The van der Waals surface area contributed by atoms with Crippen molar-refractivity contribution in [2.24, 2.45) is 4.99 Å². The maximum absolute atomic E-state index is 13.0. The lowest BCUT2D eigenvalue weighted by Gasteiger charge is -2.13. The molecule has 0 bridgehead atoms. The van der Waals surface area contributed by atoms with Gasteiger partial charge in [-0.1, -0.05) is 31.2 Å². The molecule has 0 aromatic heterocycles. The van der Waals surface area contributed by atoms with Gasteiger partial charge in [-0.2, -0.15) is 0 Å². The van der Waals surface area contributed by atoms with Crippen LogP contribution in [-0.2, 0) is 13.0 Å². The Morgan fingerprint density at radius 3 is 2.32 bits per heavy atom. The predicted octanol–water partition coefficient (Wildman–Crippen LogP) is 6.33. The highest BCUT2D eigenvalue weighted by atomic mass is 127. The molecule has 0 atom stereocenters. The molecule has 0 amide bonds. The van der Waals surface area contributed by atoms with Crippen LogP contribution in [0.3, 0.4) is 0 Å². The van der Waals surface area contributed by atoms with Gasteiger partial charge >= 0.3 is 0 Å². The van der Waals surface area contributed by atoms with Gasteiger partial charge in [0, 0.05) is 6.21 Å². The number of hydrogen-bond donors (Lipinski definition) is 0. The van der Waals surface area contributed by atoms with Crippen LogP contribution >= 0.6 is 22.6 Å². The Bertz CT molecular complexity index is 954. The first-order valence-corrected chi connectivity index (χ1v) is 10.0. The molecule has 0 N–H and O–H groups in total. The Kier molecular flexibility index (Phi) is 7.03. The predicted molar refractivity (Wildman–Crippen MR) is 120 cm³/mol. The van der Waals surface area contributed by atoms with Crippen molar-refractivity contribution in [1.29, 1.82) is 0 Å². The van der Waals surface area contributed by atoms with Crippen molar-refractivity contribution in [2.45, 2.75) is 20.0 Å². The summed E-state index contributed by atoms with van der Waals surface area (Å²) in [5.74, 6) is 1.04. The van der Waals surface area contributed by atoms with E-state index < -0.39 is 0 Å². The first kappa shape index (κ1) is 20.3. The van der Waals surface area contributed by atoms with E-state index in [1.807, 2.05) is 30.5 Å². The van der Waals surface area contributed by atoms with E-state index in [9.17, 15) is 4.39 Å². The molecule has 0 fully saturated rings. The highest BCUT2D eigenvalue weighted by Gasteiger charge is 2.11. The average molecular weight is 489 g/mol. The standard InChI is InChI=1S/C23H21FINO2/c1-3-16-6-10-20(11-7-16)26-14-18-12-21(25)23(22(13-18)27-2)28-15-17-4-8-19(24)9-5-17/h4-14H,3,15H2,1-2H3. The van der Waals surface area contributed by atoms with Crippen molar-refractivity contribution in [2.75, 3.05) is 7.11 Å². The third kappa shape index (κ3) is 5.32. The van der Waals surface area contributed by atoms with Crippen LogP contribution in [0.5, 0.6) is 11.5 Å². The fourth-order valence-electron chi connectivity index (χ4n) is 2.66. The summed E-state index contributed by atoms with van der Waals surface area (Å²) in [6.07, 6.45) is 2.83. The van der Waals surface area contributed by atoms with Crippen LogP contribution in [-0.4, -0.2) is 13.3 Å². The van der Waals surface area contributed by atoms with Crippen LogP contribution in [0.2, 0.25) is 0 Å². The molecule has 0 radical (unpaired) electrons. The van der Waals surface area contributed by atoms with Crippen LogP contribution in [0.15, 0.2) is 65.7 Å². The maximum atomic E-state index is 13.0.